The summed E-state index contributed by atoms with van der Waals surface area (Å²) in [6.07, 6.45) is 2.44. The number of benzene rings is 1. The summed E-state index contributed by atoms with van der Waals surface area (Å²) in [5.74, 6) is -0.229. The molecule has 1 atom stereocenters. The number of anilines is 1. The minimum atomic E-state index is -0.402. The van der Waals surface area contributed by atoms with E-state index in [2.05, 4.69) is 4.98 Å². The van der Waals surface area contributed by atoms with Crippen molar-refractivity contribution in [2.45, 2.75) is 13.3 Å². The quantitative estimate of drug-likeness (QED) is 0.794. The lowest BCUT2D eigenvalue weighted by molar-refractivity contribution is -0.119. The molecule has 0 radical (unpaired) electrons. The molecule has 1 aliphatic rings. The molecule has 3 rings (SSSR count). The first-order chi connectivity index (χ1) is 10.1. The van der Waals surface area contributed by atoms with Crippen LogP contribution in [0.3, 0.4) is 0 Å². The average Bonchev–Trinajstić information content (AvgIpc) is 2.85. The van der Waals surface area contributed by atoms with Gasteiger partial charge in [-0.3, -0.25) is 9.78 Å². The van der Waals surface area contributed by atoms with Crippen LogP contribution in [0.4, 0.5) is 5.69 Å². The summed E-state index contributed by atoms with van der Waals surface area (Å²) in [6, 6.07) is 7.16. The van der Waals surface area contributed by atoms with Crippen molar-refractivity contribution < 1.29 is 14.3 Å². The van der Waals surface area contributed by atoms with Crippen molar-refractivity contribution in [1.29, 1.82) is 0 Å². The van der Waals surface area contributed by atoms with Crippen LogP contribution in [0.25, 0.3) is 10.9 Å². The molecule has 1 aliphatic heterocycles. The number of esters is 1. The Hall–Kier alpha value is -2.43. The average molecular weight is 284 g/mol. The summed E-state index contributed by atoms with van der Waals surface area (Å²) in [6.45, 7) is 2.64. The van der Waals surface area contributed by atoms with Gasteiger partial charge in [0.1, 0.15) is 0 Å². The molecular weight excluding hydrogens is 268 g/mol. The van der Waals surface area contributed by atoms with Crippen LogP contribution in [0.5, 0.6) is 0 Å². The van der Waals surface area contributed by atoms with Crippen molar-refractivity contribution in [2.75, 3.05) is 18.6 Å². The summed E-state index contributed by atoms with van der Waals surface area (Å²) in [5, 5.41) is 0.703. The normalized spacial score (nSPS) is 18.3. The maximum atomic E-state index is 12.1. The summed E-state index contributed by atoms with van der Waals surface area (Å²) >= 11 is 0. The monoisotopic (exact) mass is 284 g/mol. The van der Waals surface area contributed by atoms with Crippen LogP contribution >= 0.6 is 0 Å². The number of amides is 1. The molecule has 0 unspecified atom stereocenters. The molecule has 2 heterocycles. The molecule has 5 heteroatoms. The second kappa shape index (κ2) is 5.16. The van der Waals surface area contributed by atoms with Crippen LogP contribution in [0.15, 0.2) is 30.5 Å². The Labute approximate surface area is 122 Å². The molecule has 5 nitrogen and oxygen atoms in total. The number of hydrogen-bond acceptors (Lipinski definition) is 4. The van der Waals surface area contributed by atoms with E-state index in [1.54, 1.807) is 17.2 Å². The molecule has 2 aromatic rings. The van der Waals surface area contributed by atoms with Gasteiger partial charge in [0.2, 0.25) is 5.91 Å². The molecule has 1 aromatic carbocycles. The zero-order valence-corrected chi connectivity index (χ0v) is 12.0. The number of carbonyl (C=O) groups excluding carboxylic acids is 2. The van der Waals surface area contributed by atoms with Crippen molar-refractivity contribution >= 4 is 28.5 Å². The largest absolute Gasteiger partial charge is 0.465 e. The van der Waals surface area contributed by atoms with E-state index in [0.717, 1.165) is 12.1 Å². The molecule has 108 valence electrons. The highest BCUT2D eigenvalue weighted by molar-refractivity contribution is 6.05. The number of methoxy groups -OCH3 is 1. The molecular formula is C16H16N2O3. The van der Waals surface area contributed by atoms with Gasteiger partial charge in [-0.2, -0.15) is 0 Å². The van der Waals surface area contributed by atoms with Gasteiger partial charge in [-0.05, 0) is 30.7 Å². The van der Waals surface area contributed by atoms with Gasteiger partial charge in [-0.25, -0.2) is 4.79 Å². The summed E-state index contributed by atoms with van der Waals surface area (Å²) in [5.41, 5.74) is 1.97. The number of pyridine rings is 1. The van der Waals surface area contributed by atoms with E-state index in [4.69, 9.17) is 4.74 Å². The predicted octanol–water partition coefficient (Wildman–Crippen LogP) is 2.39. The smallest absolute Gasteiger partial charge is 0.338 e. The van der Waals surface area contributed by atoms with Gasteiger partial charge in [0.25, 0.3) is 0 Å². The van der Waals surface area contributed by atoms with Gasteiger partial charge in [-0.1, -0.05) is 6.92 Å². The number of nitrogens with zero attached hydrogens (tertiary/aromatic N) is 2. The van der Waals surface area contributed by atoms with E-state index < -0.39 is 5.97 Å². The second-order valence-electron chi connectivity index (χ2n) is 5.23. The number of aromatic nitrogens is 1. The van der Waals surface area contributed by atoms with E-state index in [9.17, 15) is 9.59 Å². The molecule has 1 fully saturated rings. The van der Waals surface area contributed by atoms with Gasteiger partial charge in [-0.15, -0.1) is 0 Å². The van der Waals surface area contributed by atoms with Crippen molar-refractivity contribution in [1.82, 2.24) is 4.98 Å². The fourth-order valence-electron chi connectivity index (χ4n) is 2.67. The van der Waals surface area contributed by atoms with Gasteiger partial charge in [0, 0.05) is 29.7 Å². The molecule has 1 aromatic heterocycles. The predicted molar refractivity (Wildman–Crippen MR) is 79.2 cm³/mol. The molecule has 0 spiro atoms. The van der Waals surface area contributed by atoms with Crippen LogP contribution < -0.4 is 4.90 Å². The SMILES string of the molecule is COC(=O)c1ccnc2ccc(N3CC[C@H](C)C3=O)cc12. The van der Waals surface area contributed by atoms with Crippen molar-refractivity contribution in [3.63, 3.8) is 0 Å². The molecule has 0 bridgehead atoms. The Morgan fingerprint density at radius 3 is 2.86 bits per heavy atom. The Balaban J connectivity index is 2.11. The number of rotatable bonds is 2. The van der Waals surface area contributed by atoms with Crippen LogP contribution in [-0.2, 0) is 9.53 Å². The van der Waals surface area contributed by atoms with Crippen LogP contribution in [-0.4, -0.2) is 30.5 Å². The van der Waals surface area contributed by atoms with Gasteiger partial charge in [0.15, 0.2) is 0 Å². The van der Waals surface area contributed by atoms with Crippen molar-refractivity contribution in [3.05, 3.63) is 36.0 Å². The molecule has 0 N–H and O–H groups in total. The lowest BCUT2D eigenvalue weighted by Gasteiger charge is -2.17. The van der Waals surface area contributed by atoms with Crippen LogP contribution in [0.2, 0.25) is 0 Å². The van der Waals surface area contributed by atoms with Crippen LogP contribution in [0.1, 0.15) is 23.7 Å². The van der Waals surface area contributed by atoms with Gasteiger partial charge < -0.3 is 9.64 Å². The van der Waals surface area contributed by atoms with Gasteiger partial charge >= 0.3 is 5.97 Å². The fraction of sp³-hybridized carbons (Fsp3) is 0.312. The highest BCUT2D eigenvalue weighted by atomic mass is 16.5. The van der Waals surface area contributed by atoms with E-state index in [1.165, 1.54) is 7.11 Å². The Bertz CT molecular complexity index is 727. The van der Waals surface area contributed by atoms with Crippen molar-refractivity contribution in [2.24, 2.45) is 5.92 Å². The third kappa shape index (κ3) is 2.24. The maximum Gasteiger partial charge on any atom is 0.338 e. The fourth-order valence-corrected chi connectivity index (χ4v) is 2.67. The number of carbonyl (C=O) groups is 2. The summed E-state index contributed by atoms with van der Waals surface area (Å²) in [4.78, 5) is 30.0. The number of fused-ring (bicyclic) bond motifs is 1. The minimum Gasteiger partial charge on any atom is -0.465 e. The van der Waals surface area contributed by atoms with E-state index in [-0.39, 0.29) is 11.8 Å². The minimum absolute atomic E-state index is 0.0506. The first-order valence-electron chi connectivity index (χ1n) is 6.90. The van der Waals surface area contributed by atoms with Gasteiger partial charge in [0.05, 0.1) is 18.2 Å². The topological polar surface area (TPSA) is 59.5 Å². The summed E-state index contributed by atoms with van der Waals surface area (Å²) in [7, 11) is 1.35. The third-order valence-electron chi connectivity index (χ3n) is 3.92. The van der Waals surface area contributed by atoms with E-state index in [0.29, 0.717) is 23.0 Å². The maximum absolute atomic E-state index is 12.1. The molecule has 0 saturated carbocycles. The highest BCUT2D eigenvalue weighted by Gasteiger charge is 2.29. The Kier molecular flexibility index (Phi) is 3.33. The number of ether oxygens (including phenoxy) is 1. The summed E-state index contributed by atoms with van der Waals surface area (Å²) < 4.78 is 4.80. The molecule has 0 aliphatic carbocycles. The zero-order chi connectivity index (χ0) is 15.0. The molecule has 1 saturated heterocycles. The van der Waals surface area contributed by atoms with E-state index >= 15 is 0 Å². The first-order valence-corrected chi connectivity index (χ1v) is 6.90. The standard InChI is InChI=1S/C16H16N2O3/c1-10-6-8-18(15(10)19)11-3-4-14-13(9-11)12(5-7-17-14)16(20)21-2/h3-5,7,9-10H,6,8H2,1-2H3/t10-/m0/s1. The van der Waals surface area contributed by atoms with Crippen LogP contribution in [0, 0.1) is 5.92 Å². The Morgan fingerprint density at radius 1 is 1.38 bits per heavy atom. The lowest BCUT2D eigenvalue weighted by Crippen LogP contribution is -2.26. The first kappa shape index (κ1) is 13.5. The zero-order valence-electron chi connectivity index (χ0n) is 12.0. The van der Waals surface area contributed by atoms with E-state index in [1.807, 2.05) is 25.1 Å². The number of hydrogen-bond donors (Lipinski definition) is 0. The molecule has 1 amide bonds. The third-order valence-corrected chi connectivity index (χ3v) is 3.92. The molecule has 21 heavy (non-hydrogen) atoms. The highest BCUT2D eigenvalue weighted by Crippen LogP contribution is 2.28. The van der Waals surface area contributed by atoms with Crippen molar-refractivity contribution in [3.8, 4) is 0 Å². The lowest BCUT2D eigenvalue weighted by atomic mass is 10.1. The second-order valence-corrected chi connectivity index (χ2v) is 5.23. The Morgan fingerprint density at radius 2 is 2.19 bits per heavy atom.